The molecular formula is C14H10BrN3S. The van der Waals surface area contributed by atoms with Crippen LogP contribution in [0.5, 0.6) is 0 Å². The smallest absolute Gasteiger partial charge is 0.105 e. The summed E-state index contributed by atoms with van der Waals surface area (Å²) >= 11 is 8.49. The minimum atomic E-state index is 0.383. The van der Waals surface area contributed by atoms with Gasteiger partial charge in [-0.3, -0.25) is 4.57 Å². The molecule has 0 amide bonds. The third-order valence-corrected chi connectivity index (χ3v) is 3.83. The van der Waals surface area contributed by atoms with Crippen molar-refractivity contribution in [3.8, 4) is 5.69 Å². The molecule has 19 heavy (non-hydrogen) atoms. The summed E-state index contributed by atoms with van der Waals surface area (Å²) in [4.78, 5) is 4.76. The molecule has 5 heteroatoms. The fourth-order valence-electron chi connectivity index (χ4n) is 2.02. The van der Waals surface area contributed by atoms with Crippen LogP contribution in [0.25, 0.3) is 16.7 Å². The van der Waals surface area contributed by atoms with E-state index < -0.39 is 0 Å². The number of imidazole rings is 1. The van der Waals surface area contributed by atoms with Crippen LogP contribution in [0.4, 0.5) is 0 Å². The van der Waals surface area contributed by atoms with Gasteiger partial charge in [-0.1, -0.05) is 24.4 Å². The van der Waals surface area contributed by atoms with Crippen molar-refractivity contribution in [1.29, 1.82) is 0 Å². The van der Waals surface area contributed by atoms with Gasteiger partial charge in [-0.15, -0.1) is 0 Å². The van der Waals surface area contributed by atoms with Crippen LogP contribution < -0.4 is 5.73 Å². The van der Waals surface area contributed by atoms with Gasteiger partial charge in [0.05, 0.1) is 11.0 Å². The Morgan fingerprint density at radius 3 is 2.74 bits per heavy atom. The van der Waals surface area contributed by atoms with Crippen molar-refractivity contribution in [2.24, 2.45) is 5.73 Å². The third-order valence-electron chi connectivity index (χ3n) is 2.95. The standard InChI is InChI=1S/C14H10BrN3S/c15-11-7-9(5-6-10(11)14(16)19)18-8-17-12-3-1-2-4-13(12)18/h1-8H,(H2,16,19). The van der Waals surface area contributed by atoms with Gasteiger partial charge in [0, 0.05) is 15.7 Å². The Bertz CT molecular complexity index is 779. The van der Waals surface area contributed by atoms with Gasteiger partial charge in [-0.2, -0.15) is 0 Å². The lowest BCUT2D eigenvalue weighted by Crippen LogP contribution is -2.10. The van der Waals surface area contributed by atoms with E-state index in [-0.39, 0.29) is 0 Å². The summed E-state index contributed by atoms with van der Waals surface area (Å²) in [7, 11) is 0. The Hall–Kier alpha value is -1.72. The maximum absolute atomic E-state index is 5.66. The second-order valence-corrected chi connectivity index (χ2v) is 5.43. The summed E-state index contributed by atoms with van der Waals surface area (Å²) in [5.74, 6) is 0. The number of hydrogen-bond donors (Lipinski definition) is 1. The average molecular weight is 332 g/mol. The summed E-state index contributed by atoms with van der Waals surface area (Å²) in [5.41, 5.74) is 9.54. The van der Waals surface area contributed by atoms with E-state index in [4.69, 9.17) is 18.0 Å². The van der Waals surface area contributed by atoms with Crippen LogP contribution in [0.3, 0.4) is 0 Å². The zero-order valence-corrected chi connectivity index (χ0v) is 12.3. The SMILES string of the molecule is NC(=S)c1ccc(-n2cnc3ccccc32)cc1Br. The minimum Gasteiger partial charge on any atom is -0.389 e. The maximum Gasteiger partial charge on any atom is 0.105 e. The van der Waals surface area contributed by atoms with Gasteiger partial charge in [-0.25, -0.2) is 4.98 Å². The first-order valence-corrected chi connectivity index (χ1v) is 6.89. The van der Waals surface area contributed by atoms with Gasteiger partial charge < -0.3 is 5.73 Å². The van der Waals surface area contributed by atoms with Gasteiger partial charge in [0.15, 0.2) is 0 Å². The number of para-hydroxylation sites is 2. The van der Waals surface area contributed by atoms with Gasteiger partial charge in [0.1, 0.15) is 11.3 Å². The van der Waals surface area contributed by atoms with Crippen LogP contribution >= 0.6 is 28.1 Å². The molecule has 0 fully saturated rings. The number of thiocarbonyl (C=S) groups is 1. The van der Waals surface area contributed by atoms with E-state index in [9.17, 15) is 0 Å². The molecule has 0 unspecified atom stereocenters. The number of benzene rings is 2. The van der Waals surface area contributed by atoms with Crippen LogP contribution in [0.1, 0.15) is 5.56 Å². The molecule has 0 spiro atoms. The van der Waals surface area contributed by atoms with E-state index in [0.717, 1.165) is 26.8 Å². The van der Waals surface area contributed by atoms with Gasteiger partial charge in [0.2, 0.25) is 0 Å². The zero-order valence-electron chi connectivity index (χ0n) is 9.88. The lowest BCUT2D eigenvalue weighted by Gasteiger charge is -2.08. The van der Waals surface area contributed by atoms with Crippen molar-refractivity contribution in [3.05, 3.63) is 58.8 Å². The summed E-state index contributed by atoms with van der Waals surface area (Å²) in [6, 6.07) is 13.9. The quantitative estimate of drug-likeness (QED) is 0.732. The van der Waals surface area contributed by atoms with Crippen molar-refractivity contribution >= 4 is 44.2 Å². The summed E-state index contributed by atoms with van der Waals surface area (Å²) in [6.07, 6.45) is 1.81. The molecular weight excluding hydrogens is 322 g/mol. The molecule has 3 nitrogen and oxygen atoms in total. The van der Waals surface area contributed by atoms with E-state index in [2.05, 4.69) is 20.9 Å². The molecule has 0 aliphatic carbocycles. The largest absolute Gasteiger partial charge is 0.389 e. The highest BCUT2D eigenvalue weighted by atomic mass is 79.9. The highest BCUT2D eigenvalue weighted by Gasteiger charge is 2.07. The van der Waals surface area contributed by atoms with E-state index in [1.165, 1.54) is 0 Å². The molecule has 0 atom stereocenters. The van der Waals surface area contributed by atoms with Crippen LogP contribution in [0, 0.1) is 0 Å². The van der Waals surface area contributed by atoms with Gasteiger partial charge >= 0.3 is 0 Å². The predicted molar refractivity (Wildman–Crippen MR) is 84.7 cm³/mol. The molecule has 0 saturated carbocycles. The van der Waals surface area contributed by atoms with Crippen molar-refractivity contribution < 1.29 is 0 Å². The Balaban J connectivity index is 2.17. The summed E-state index contributed by atoms with van der Waals surface area (Å²) in [6.45, 7) is 0. The molecule has 3 rings (SSSR count). The molecule has 2 N–H and O–H groups in total. The van der Waals surface area contributed by atoms with E-state index in [1.807, 2.05) is 53.4 Å². The zero-order chi connectivity index (χ0) is 13.4. The number of hydrogen-bond acceptors (Lipinski definition) is 2. The molecule has 0 aliphatic heterocycles. The lowest BCUT2D eigenvalue weighted by molar-refractivity contribution is 1.09. The summed E-state index contributed by atoms with van der Waals surface area (Å²) < 4.78 is 2.92. The molecule has 0 radical (unpaired) electrons. The number of nitrogens with two attached hydrogens (primary N) is 1. The molecule has 0 saturated heterocycles. The minimum absolute atomic E-state index is 0.383. The molecule has 3 aromatic rings. The Morgan fingerprint density at radius 1 is 1.21 bits per heavy atom. The molecule has 1 aromatic heterocycles. The predicted octanol–water partition coefficient (Wildman–Crippen LogP) is 3.42. The van der Waals surface area contributed by atoms with Gasteiger partial charge in [0.25, 0.3) is 0 Å². The first kappa shape index (κ1) is 12.3. The number of nitrogens with zero attached hydrogens (tertiary/aromatic N) is 2. The highest BCUT2D eigenvalue weighted by Crippen LogP contribution is 2.23. The van der Waals surface area contributed by atoms with Crippen LogP contribution in [0.2, 0.25) is 0 Å². The fourth-order valence-corrected chi connectivity index (χ4v) is 2.91. The number of fused-ring (bicyclic) bond motifs is 1. The Kier molecular flexibility index (Phi) is 3.08. The van der Waals surface area contributed by atoms with Crippen molar-refractivity contribution in [2.45, 2.75) is 0 Å². The van der Waals surface area contributed by atoms with E-state index in [1.54, 1.807) is 0 Å². The first-order valence-electron chi connectivity index (χ1n) is 5.68. The average Bonchev–Trinajstić information content (AvgIpc) is 2.82. The van der Waals surface area contributed by atoms with Crippen LogP contribution in [-0.2, 0) is 0 Å². The normalized spacial score (nSPS) is 10.8. The first-order chi connectivity index (χ1) is 9.16. The second kappa shape index (κ2) is 4.75. The Morgan fingerprint density at radius 2 is 2.00 bits per heavy atom. The molecule has 2 aromatic carbocycles. The van der Waals surface area contributed by atoms with E-state index in [0.29, 0.717) is 4.99 Å². The number of halogens is 1. The van der Waals surface area contributed by atoms with Gasteiger partial charge in [-0.05, 0) is 46.3 Å². The second-order valence-electron chi connectivity index (χ2n) is 4.13. The molecule has 0 aliphatic rings. The third kappa shape index (κ3) is 2.15. The molecule has 1 heterocycles. The monoisotopic (exact) mass is 331 g/mol. The molecule has 0 bridgehead atoms. The van der Waals surface area contributed by atoms with Crippen LogP contribution in [-0.4, -0.2) is 14.5 Å². The van der Waals surface area contributed by atoms with Crippen molar-refractivity contribution in [2.75, 3.05) is 0 Å². The highest BCUT2D eigenvalue weighted by molar-refractivity contribution is 9.10. The van der Waals surface area contributed by atoms with Crippen molar-refractivity contribution in [3.63, 3.8) is 0 Å². The summed E-state index contributed by atoms with van der Waals surface area (Å²) in [5, 5.41) is 0. The van der Waals surface area contributed by atoms with E-state index >= 15 is 0 Å². The van der Waals surface area contributed by atoms with Crippen molar-refractivity contribution in [1.82, 2.24) is 9.55 Å². The Labute approximate surface area is 124 Å². The maximum atomic E-state index is 5.66. The van der Waals surface area contributed by atoms with Crippen LogP contribution in [0.15, 0.2) is 53.3 Å². The topological polar surface area (TPSA) is 43.8 Å². The fraction of sp³-hybridized carbons (Fsp3) is 0. The number of rotatable bonds is 2. The number of aromatic nitrogens is 2. The molecule has 94 valence electrons. The lowest BCUT2D eigenvalue weighted by atomic mass is 10.2.